The average molecular weight is 386 g/mol. The first-order valence-corrected chi connectivity index (χ1v) is 9.61. The Hall–Kier alpha value is -2.60. The fourth-order valence-corrected chi connectivity index (χ4v) is 3.30. The molecule has 2 aromatic carbocycles. The van der Waals surface area contributed by atoms with Crippen molar-refractivity contribution in [2.24, 2.45) is 0 Å². The van der Waals surface area contributed by atoms with Crippen molar-refractivity contribution in [1.82, 2.24) is 10.2 Å². The van der Waals surface area contributed by atoms with Crippen molar-refractivity contribution >= 4 is 5.91 Å². The molecule has 1 amide bonds. The third-order valence-electron chi connectivity index (χ3n) is 5.02. The third-order valence-corrected chi connectivity index (χ3v) is 5.02. The minimum Gasteiger partial charge on any atom is -0.493 e. The van der Waals surface area contributed by atoms with Crippen LogP contribution in [0.25, 0.3) is 0 Å². The average Bonchev–Trinajstić information content (AvgIpc) is 2.71. The molecule has 0 unspecified atom stereocenters. The van der Waals surface area contributed by atoms with E-state index >= 15 is 0 Å². The van der Waals surface area contributed by atoms with Crippen molar-refractivity contribution in [1.29, 1.82) is 0 Å². The molecule has 0 radical (unpaired) electrons. The Morgan fingerprint density at radius 1 is 1.18 bits per heavy atom. The normalized spacial score (nSPS) is 15.2. The second kappa shape index (κ2) is 9.55. The number of carbonyl (C=O) groups is 1. The van der Waals surface area contributed by atoms with Crippen LogP contribution >= 0.6 is 0 Å². The van der Waals surface area contributed by atoms with Gasteiger partial charge in [0.25, 0.3) is 5.91 Å². The maximum Gasteiger partial charge on any atom is 0.251 e. The van der Waals surface area contributed by atoms with Crippen LogP contribution in [-0.4, -0.2) is 50.7 Å². The number of ether oxygens (including phenoxy) is 2. The maximum absolute atomic E-state index is 13.6. The van der Waals surface area contributed by atoms with Gasteiger partial charge in [-0.25, -0.2) is 4.39 Å². The molecular weight excluding hydrogens is 359 g/mol. The number of nitrogens with one attached hydrogen (secondary N) is 1. The molecule has 0 atom stereocenters. The highest BCUT2D eigenvalue weighted by Crippen LogP contribution is 2.30. The second-order valence-corrected chi connectivity index (χ2v) is 7.08. The van der Waals surface area contributed by atoms with E-state index in [0.29, 0.717) is 35.6 Å². The summed E-state index contributed by atoms with van der Waals surface area (Å²) < 4.78 is 25.2. The van der Waals surface area contributed by atoms with E-state index in [1.54, 1.807) is 43.5 Å². The number of methoxy groups -OCH3 is 1. The predicted molar refractivity (Wildman–Crippen MR) is 107 cm³/mol. The first kappa shape index (κ1) is 20.1. The molecule has 1 N–H and O–H groups in total. The zero-order valence-corrected chi connectivity index (χ0v) is 16.4. The van der Waals surface area contributed by atoms with E-state index in [4.69, 9.17) is 9.47 Å². The van der Waals surface area contributed by atoms with Crippen LogP contribution in [0.2, 0.25) is 0 Å². The molecule has 1 heterocycles. The Kier molecular flexibility index (Phi) is 6.87. The van der Waals surface area contributed by atoms with Crippen molar-refractivity contribution in [2.75, 3.05) is 33.8 Å². The summed E-state index contributed by atoms with van der Waals surface area (Å²) >= 11 is 0. The summed E-state index contributed by atoms with van der Waals surface area (Å²) in [5.41, 5.74) is 1.07. The minimum atomic E-state index is -0.256. The Bertz CT molecular complexity index is 804. The van der Waals surface area contributed by atoms with E-state index in [1.807, 2.05) is 0 Å². The van der Waals surface area contributed by atoms with E-state index in [9.17, 15) is 9.18 Å². The van der Waals surface area contributed by atoms with Crippen LogP contribution < -0.4 is 14.8 Å². The summed E-state index contributed by atoms with van der Waals surface area (Å²) in [6, 6.07) is 11.8. The Balaban J connectivity index is 1.57. The molecule has 0 aliphatic carbocycles. The lowest BCUT2D eigenvalue weighted by molar-refractivity contribution is 0.0953. The second-order valence-electron chi connectivity index (χ2n) is 7.08. The zero-order chi connectivity index (χ0) is 19.9. The van der Waals surface area contributed by atoms with Gasteiger partial charge < -0.3 is 19.7 Å². The minimum absolute atomic E-state index is 0.158. The highest BCUT2D eigenvalue weighted by Gasteiger charge is 2.20. The summed E-state index contributed by atoms with van der Waals surface area (Å²) in [6.45, 7) is 2.38. The first-order valence-electron chi connectivity index (χ1n) is 9.61. The number of hydrogen-bond donors (Lipinski definition) is 1. The lowest BCUT2D eigenvalue weighted by atomic mass is 10.1. The molecule has 0 bridgehead atoms. The van der Waals surface area contributed by atoms with E-state index in [1.165, 1.54) is 6.07 Å². The molecule has 0 aromatic heterocycles. The van der Waals surface area contributed by atoms with Crippen molar-refractivity contribution in [3.63, 3.8) is 0 Å². The fourth-order valence-electron chi connectivity index (χ4n) is 3.30. The van der Waals surface area contributed by atoms with Crippen LogP contribution in [0.4, 0.5) is 4.39 Å². The van der Waals surface area contributed by atoms with Gasteiger partial charge in [-0.05, 0) is 56.1 Å². The van der Waals surface area contributed by atoms with Crippen LogP contribution in [0, 0.1) is 5.82 Å². The van der Waals surface area contributed by atoms with Gasteiger partial charge in [-0.15, -0.1) is 0 Å². The number of amides is 1. The number of likely N-dealkylation sites (tertiary alicyclic amines) is 1. The highest BCUT2D eigenvalue weighted by molar-refractivity contribution is 5.94. The molecule has 1 aliphatic heterocycles. The van der Waals surface area contributed by atoms with Gasteiger partial charge in [0.2, 0.25) is 0 Å². The van der Waals surface area contributed by atoms with Gasteiger partial charge in [-0.3, -0.25) is 4.79 Å². The molecule has 1 saturated heterocycles. The number of rotatable bonds is 7. The van der Waals surface area contributed by atoms with Crippen LogP contribution in [0.5, 0.6) is 11.5 Å². The summed E-state index contributed by atoms with van der Waals surface area (Å²) in [5, 5.41) is 2.82. The molecule has 1 aliphatic rings. The summed E-state index contributed by atoms with van der Waals surface area (Å²) in [5.74, 6) is 0.718. The molecule has 6 heteroatoms. The number of piperidine rings is 1. The van der Waals surface area contributed by atoms with Gasteiger partial charge >= 0.3 is 0 Å². The Morgan fingerprint density at radius 3 is 2.64 bits per heavy atom. The van der Waals surface area contributed by atoms with Gasteiger partial charge in [0.15, 0.2) is 11.5 Å². The lowest BCUT2D eigenvalue weighted by Gasteiger charge is -2.29. The number of benzene rings is 2. The standard InChI is InChI=1S/C22H27FN2O3/c1-25-13-10-18(11-14-25)28-20-8-7-17(15-21(20)27-2)22(26)24-12-9-16-5-3-4-6-19(16)23/h3-8,15,18H,9-14H2,1-2H3,(H,24,26). The van der Waals surface area contributed by atoms with Crippen molar-refractivity contribution in [2.45, 2.75) is 25.4 Å². The van der Waals surface area contributed by atoms with Gasteiger partial charge in [0.1, 0.15) is 11.9 Å². The van der Waals surface area contributed by atoms with E-state index in [0.717, 1.165) is 25.9 Å². The number of nitrogens with zero attached hydrogens (tertiary/aromatic N) is 1. The first-order chi connectivity index (χ1) is 13.6. The smallest absolute Gasteiger partial charge is 0.251 e. The molecule has 5 nitrogen and oxygen atoms in total. The van der Waals surface area contributed by atoms with Crippen LogP contribution in [0.1, 0.15) is 28.8 Å². The number of carbonyl (C=O) groups excluding carboxylic acids is 1. The molecule has 0 saturated carbocycles. The van der Waals surface area contributed by atoms with Crippen molar-refractivity contribution in [3.05, 3.63) is 59.4 Å². The van der Waals surface area contributed by atoms with Crippen LogP contribution in [0.3, 0.4) is 0 Å². The fraction of sp³-hybridized carbons (Fsp3) is 0.409. The lowest BCUT2D eigenvalue weighted by Crippen LogP contribution is -2.35. The highest BCUT2D eigenvalue weighted by atomic mass is 19.1. The molecular formula is C22H27FN2O3. The summed E-state index contributed by atoms with van der Waals surface area (Å²) in [7, 11) is 3.67. The van der Waals surface area contributed by atoms with Crippen molar-refractivity contribution < 1.29 is 18.7 Å². The number of halogens is 1. The maximum atomic E-state index is 13.6. The van der Waals surface area contributed by atoms with E-state index < -0.39 is 0 Å². The van der Waals surface area contributed by atoms with Gasteiger partial charge in [-0.1, -0.05) is 18.2 Å². The molecule has 150 valence electrons. The molecule has 0 spiro atoms. The van der Waals surface area contributed by atoms with E-state index in [-0.39, 0.29) is 17.8 Å². The summed E-state index contributed by atoms with van der Waals surface area (Å²) in [4.78, 5) is 14.7. The van der Waals surface area contributed by atoms with Gasteiger partial charge in [0, 0.05) is 25.2 Å². The SMILES string of the molecule is COc1cc(C(=O)NCCc2ccccc2F)ccc1OC1CCN(C)CC1. The van der Waals surface area contributed by atoms with Gasteiger partial charge in [-0.2, -0.15) is 0 Å². The van der Waals surface area contributed by atoms with Crippen molar-refractivity contribution in [3.8, 4) is 11.5 Å². The quantitative estimate of drug-likeness (QED) is 0.794. The third kappa shape index (κ3) is 5.23. The molecule has 28 heavy (non-hydrogen) atoms. The Morgan fingerprint density at radius 2 is 1.93 bits per heavy atom. The summed E-state index contributed by atoms with van der Waals surface area (Å²) in [6.07, 6.45) is 2.54. The largest absolute Gasteiger partial charge is 0.493 e. The zero-order valence-electron chi connectivity index (χ0n) is 16.4. The Labute approximate surface area is 165 Å². The topological polar surface area (TPSA) is 50.8 Å². The molecule has 1 fully saturated rings. The number of hydrogen-bond acceptors (Lipinski definition) is 4. The molecule has 3 rings (SSSR count). The monoisotopic (exact) mass is 386 g/mol. The van der Waals surface area contributed by atoms with E-state index in [2.05, 4.69) is 17.3 Å². The van der Waals surface area contributed by atoms with Crippen LogP contribution in [-0.2, 0) is 6.42 Å². The molecule has 2 aromatic rings. The van der Waals surface area contributed by atoms with Gasteiger partial charge in [0.05, 0.1) is 7.11 Å². The predicted octanol–water partition coefficient (Wildman–Crippen LogP) is 3.28. The van der Waals surface area contributed by atoms with Crippen LogP contribution in [0.15, 0.2) is 42.5 Å².